The van der Waals surface area contributed by atoms with Crippen LogP contribution in [0.4, 0.5) is 0 Å². The number of nitrogens with one attached hydrogen (secondary N) is 2. The minimum atomic E-state index is -1.83. The molecule has 46 heavy (non-hydrogen) atoms. The van der Waals surface area contributed by atoms with E-state index < -0.39 is 52.1 Å². The number of carboxylic acids is 5. The van der Waals surface area contributed by atoms with Crippen molar-refractivity contribution in [3.63, 3.8) is 0 Å². The summed E-state index contributed by atoms with van der Waals surface area (Å²) in [5, 5.41) is 50.0. The van der Waals surface area contributed by atoms with Gasteiger partial charge in [0.2, 0.25) is 0 Å². The molecule has 0 fully saturated rings. The molecular formula is C29H41ClN2O14. The van der Waals surface area contributed by atoms with Crippen molar-refractivity contribution in [3.05, 3.63) is 69.2 Å². The van der Waals surface area contributed by atoms with Crippen LogP contribution in [0, 0.1) is 0 Å². The Morgan fingerprint density at radius 1 is 0.522 bits per heavy atom. The predicted molar refractivity (Wildman–Crippen MR) is 165 cm³/mol. The van der Waals surface area contributed by atoms with Crippen molar-refractivity contribution in [2.75, 3.05) is 28.4 Å². The molecule has 0 saturated carbocycles. The van der Waals surface area contributed by atoms with Gasteiger partial charge in [0.1, 0.15) is 24.9 Å². The molecule has 2 aromatic carbocycles. The molecule has 0 aliphatic rings. The highest BCUT2D eigenvalue weighted by Gasteiger charge is 2.29. The fraction of sp³-hybridized carbons (Fsp3) is 0.414. The first kappa shape index (κ1) is 44.0. The van der Waals surface area contributed by atoms with E-state index in [1.807, 2.05) is 27.7 Å². The van der Waals surface area contributed by atoms with Gasteiger partial charge in [-0.05, 0) is 52.0 Å². The molecule has 7 N–H and O–H groups in total. The van der Waals surface area contributed by atoms with Crippen molar-refractivity contribution in [2.45, 2.75) is 52.6 Å². The number of benzene rings is 2. The Kier molecular flexibility index (Phi) is 22.2. The maximum absolute atomic E-state index is 10.9. The van der Waals surface area contributed by atoms with Gasteiger partial charge in [0.25, 0.3) is 0 Å². The second-order valence-electron chi connectivity index (χ2n) is 8.76. The van der Waals surface area contributed by atoms with Crippen LogP contribution in [-0.4, -0.2) is 109 Å². The van der Waals surface area contributed by atoms with Crippen LogP contribution >= 0.6 is 11.6 Å². The van der Waals surface area contributed by atoms with Gasteiger partial charge in [-0.15, -0.1) is 0 Å². The third kappa shape index (κ3) is 16.8. The lowest BCUT2D eigenvalue weighted by Crippen LogP contribution is -2.36. The van der Waals surface area contributed by atoms with Crippen molar-refractivity contribution >= 4 is 41.4 Å². The molecule has 4 unspecified atom stereocenters. The lowest BCUT2D eigenvalue weighted by atomic mass is 9.95. The van der Waals surface area contributed by atoms with E-state index in [9.17, 15) is 24.0 Å². The number of hydrogen-bond donors (Lipinski definition) is 7. The smallest absolute Gasteiger partial charge is 0.337 e. The summed E-state index contributed by atoms with van der Waals surface area (Å²) in [5.74, 6) is -7.97. The van der Waals surface area contributed by atoms with Crippen LogP contribution in [0.3, 0.4) is 0 Å². The Balaban J connectivity index is 0. The van der Waals surface area contributed by atoms with E-state index in [2.05, 4.69) is 10.6 Å². The normalized spacial score (nSPS) is 12.6. The zero-order chi connectivity index (χ0) is 36.1. The van der Waals surface area contributed by atoms with Gasteiger partial charge in [0.05, 0.1) is 32.8 Å². The number of hydrogen-bond acceptors (Lipinski definition) is 11. The molecule has 17 heteroatoms. The Bertz CT molecular complexity index is 1210. The quantitative estimate of drug-likeness (QED) is 0.150. The van der Waals surface area contributed by atoms with Gasteiger partial charge in [0, 0.05) is 28.4 Å². The Morgan fingerprint density at radius 2 is 0.804 bits per heavy atom. The summed E-state index contributed by atoms with van der Waals surface area (Å²) in [6, 6.07) is 7.81. The summed E-state index contributed by atoms with van der Waals surface area (Å²) >= 11 is 5.54. The first-order valence-electron chi connectivity index (χ1n) is 13.1. The summed E-state index contributed by atoms with van der Waals surface area (Å²) in [6.45, 7) is 7.70. The highest BCUT2D eigenvalue weighted by Crippen LogP contribution is 2.20. The third-order valence-corrected chi connectivity index (χ3v) is 5.88. The average Bonchev–Trinajstić information content (AvgIpc) is 3.00. The SMILES string of the molecule is COC(C)NC(C)OC.COC(C)NC(C)OC.O=C(O)c1ccc(C(=O)O)c(C(=O)O)c1C(=O)O.O=C(O)c1ccccc1Cl. The molecule has 16 nitrogen and oxygen atoms in total. The number of ether oxygens (including phenoxy) is 4. The van der Waals surface area contributed by atoms with Crippen LogP contribution in [0.25, 0.3) is 0 Å². The summed E-state index contributed by atoms with van der Waals surface area (Å²) in [5.41, 5.74) is -3.55. The highest BCUT2D eigenvalue weighted by molar-refractivity contribution is 6.33. The second kappa shape index (κ2) is 23.2. The minimum Gasteiger partial charge on any atom is -0.478 e. The van der Waals surface area contributed by atoms with Crippen LogP contribution in [0.15, 0.2) is 36.4 Å². The number of aromatic carboxylic acids is 5. The van der Waals surface area contributed by atoms with Crippen molar-refractivity contribution in [2.24, 2.45) is 0 Å². The van der Waals surface area contributed by atoms with Crippen LogP contribution in [0.2, 0.25) is 5.02 Å². The van der Waals surface area contributed by atoms with E-state index in [1.54, 1.807) is 46.6 Å². The molecule has 0 radical (unpaired) electrons. The molecule has 2 aromatic rings. The topological polar surface area (TPSA) is 247 Å². The van der Waals surface area contributed by atoms with Crippen LogP contribution in [0.5, 0.6) is 0 Å². The van der Waals surface area contributed by atoms with E-state index in [4.69, 9.17) is 56.1 Å². The summed E-state index contributed by atoms with van der Waals surface area (Å²) in [4.78, 5) is 53.7. The average molecular weight is 677 g/mol. The van der Waals surface area contributed by atoms with Crippen molar-refractivity contribution in [1.82, 2.24) is 10.6 Å². The minimum absolute atomic E-state index is 0.0555. The maximum Gasteiger partial charge on any atom is 0.337 e. The van der Waals surface area contributed by atoms with Gasteiger partial charge in [0.15, 0.2) is 0 Å². The van der Waals surface area contributed by atoms with Gasteiger partial charge >= 0.3 is 29.8 Å². The van der Waals surface area contributed by atoms with Crippen LogP contribution in [-0.2, 0) is 18.9 Å². The standard InChI is InChI=1S/C10H6O8.C7H5ClO2.2C6H15NO2/c11-7(12)3-1-2-4(8(13)14)6(10(17)18)5(3)9(15)16;8-6-4-2-1-3-5(6)7(9)10;2*1-5(8-3)7-6(2)9-4/h1-2H,(H,11,12)(H,13,14)(H,15,16)(H,17,18);1-4H,(H,9,10);2*5-7H,1-4H3. The van der Waals surface area contributed by atoms with Crippen molar-refractivity contribution in [3.8, 4) is 0 Å². The zero-order valence-corrected chi connectivity index (χ0v) is 27.3. The molecule has 258 valence electrons. The molecule has 0 amide bonds. The van der Waals surface area contributed by atoms with Crippen molar-refractivity contribution < 1.29 is 68.5 Å². The molecule has 0 bridgehead atoms. The maximum atomic E-state index is 10.9. The van der Waals surface area contributed by atoms with Crippen LogP contribution in [0.1, 0.15) is 79.5 Å². The molecule has 0 saturated heterocycles. The summed E-state index contributed by atoms with van der Waals surface area (Å²) in [7, 11) is 6.61. The predicted octanol–water partition coefficient (Wildman–Crippen LogP) is 3.64. The molecule has 4 atom stereocenters. The van der Waals surface area contributed by atoms with Gasteiger partial charge in [-0.25, -0.2) is 24.0 Å². The zero-order valence-electron chi connectivity index (χ0n) is 26.6. The number of carbonyl (C=O) groups is 5. The Hall–Kier alpha value is -4.16. The van der Waals surface area contributed by atoms with Gasteiger partial charge < -0.3 is 44.5 Å². The number of methoxy groups -OCH3 is 4. The van der Waals surface area contributed by atoms with E-state index in [-0.39, 0.29) is 35.5 Å². The molecule has 0 spiro atoms. The summed E-state index contributed by atoms with van der Waals surface area (Å²) in [6.07, 6.45) is 0.222. The molecular weight excluding hydrogens is 636 g/mol. The Morgan fingerprint density at radius 3 is 1.00 bits per heavy atom. The lowest BCUT2D eigenvalue weighted by molar-refractivity contribution is 0.00757. The molecule has 2 rings (SSSR count). The van der Waals surface area contributed by atoms with E-state index in [0.29, 0.717) is 0 Å². The first-order chi connectivity index (χ1) is 21.4. The fourth-order valence-electron chi connectivity index (χ4n) is 2.97. The second-order valence-corrected chi connectivity index (χ2v) is 9.17. The summed E-state index contributed by atoms with van der Waals surface area (Å²) < 4.78 is 19.7. The van der Waals surface area contributed by atoms with E-state index >= 15 is 0 Å². The number of rotatable bonds is 13. The Labute approximate surface area is 270 Å². The molecule has 0 aliphatic heterocycles. The lowest BCUT2D eigenvalue weighted by Gasteiger charge is -2.16. The third-order valence-electron chi connectivity index (χ3n) is 5.55. The molecule has 0 aliphatic carbocycles. The number of carboxylic acid groups (broad SMARTS) is 5. The highest BCUT2D eigenvalue weighted by atomic mass is 35.5. The monoisotopic (exact) mass is 676 g/mol. The van der Waals surface area contributed by atoms with Crippen LogP contribution < -0.4 is 10.6 Å². The molecule has 0 aromatic heterocycles. The largest absolute Gasteiger partial charge is 0.478 e. The first-order valence-corrected chi connectivity index (χ1v) is 13.5. The molecule has 0 heterocycles. The number of halogens is 1. The van der Waals surface area contributed by atoms with Gasteiger partial charge in [-0.1, -0.05) is 23.7 Å². The van der Waals surface area contributed by atoms with E-state index in [1.165, 1.54) is 6.07 Å². The fourth-order valence-corrected chi connectivity index (χ4v) is 3.19. The van der Waals surface area contributed by atoms with Gasteiger partial charge in [-0.3, -0.25) is 10.6 Å². The van der Waals surface area contributed by atoms with Crippen molar-refractivity contribution in [1.29, 1.82) is 0 Å². The van der Waals surface area contributed by atoms with Gasteiger partial charge in [-0.2, -0.15) is 0 Å². The van der Waals surface area contributed by atoms with E-state index in [0.717, 1.165) is 12.1 Å².